The number of nitrogens with two attached hydrogens (primary N) is 1. The van der Waals surface area contributed by atoms with Crippen LogP contribution in [0.5, 0.6) is 0 Å². The Bertz CT molecular complexity index is 560. The summed E-state index contributed by atoms with van der Waals surface area (Å²) in [4.78, 5) is 4.63. The number of rotatable bonds is 1. The maximum absolute atomic E-state index is 5.83. The molecule has 88 valence electrons. The minimum absolute atomic E-state index is 0.784. The van der Waals surface area contributed by atoms with Gasteiger partial charge in [0.05, 0.1) is 5.69 Å². The molecular formula is C13H14BrN3. The van der Waals surface area contributed by atoms with Gasteiger partial charge in [0.25, 0.3) is 0 Å². The average Bonchev–Trinajstić information content (AvgIpc) is 2.68. The van der Waals surface area contributed by atoms with Gasteiger partial charge in [0, 0.05) is 17.8 Å². The van der Waals surface area contributed by atoms with Gasteiger partial charge in [-0.3, -0.25) is 0 Å². The van der Waals surface area contributed by atoms with Crippen LogP contribution in [0.2, 0.25) is 0 Å². The van der Waals surface area contributed by atoms with Crippen LogP contribution in [-0.2, 0) is 13.0 Å². The van der Waals surface area contributed by atoms with Crippen molar-refractivity contribution in [1.82, 2.24) is 9.55 Å². The molecule has 0 saturated heterocycles. The van der Waals surface area contributed by atoms with Crippen molar-refractivity contribution in [3.05, 3.63) is 34.6 Å². The third-order valence-electron chi connectivity index (χ3n) is 3.21. The first-order valence-corrected chi connectivity index (χ1v) is 6.66. The molecule has 1 aromatic heterocycles. The predicted molar refractivity (Wildman–Crippen MR) is 72.7 cm³/mol. The molecule has 0 spiro atoms. The van der Waals surface area contributed by atoms with Crippen LogP contribution in [-0.4, -0.2) is 9.55 Å². The summed E-state index contributed by atoms with van der Waals surface area (Å²) in [7, 11) is 0. The molecule has 0 aliphatic carbocycles. The number of aromatic nitrogens is 2. The van der Waals surface area contributed by atoms with Crippen LogP contribution in [0.25, 0.3) is 11.4 Å². The Morgan fingerprint density at radius 1 is 1.29 bits per heavy atom. The molecular weight excluding hydrogens is 278 g/mol. The highest BCUT2D eigenvalue weighted by atomic mass is 79.9. The van der Waals surface area contributed by atoms with Gasteiger partial charge < -0.3 is 10.3 Å². The first-order chi connectivity index (χ1) is 8.25. The summed E-state index contributed by atoms with van der Waals surface area (Å²) in [5.74, 6) is 1.03. The Labute approximate surface area is 109 Å². The van der Waals surface area contributed by atoms with E-state index in [9.17, 15) is 0 Å². The van der Waals surface area contributed by atoms with Crippen molar-refractivity contribution in [2.75, 3.05) is 5.73 Å². The summed E-state index contributed by atoms with van der Waals surface area (Å²) in [5.41, 5.74) is 9.02. The Kier molecular flexibility index (Phi) is 2.67. The van der Waals surface area contributed by atoms with E-state index in [0.29, 0.717) is 0 Å². The van der Waals surface area contributed by atoms with Crippen LogP contribution in [0.4, 0.5) is 5.69 Å². The molecule has 1 aliphatic heterocycles. The Morgan fingerprint density at radius 2 is 2.18 bits per heavy atom. The molecule has 0 saturated carbocycles. The molecule has 0 radical (unpaired) electrons. The number of nitrogens with zero attached hydrogens (tertiary/aromatic N) is 2. The van der Waals surface area contributed by atoms with Gasteiger partial charge in [-0.25, -0.2) is 4.98 Å². The van der Waals surface area contributed by atoms with E-state index in [4.69, 9.17) is 5.73 Å². The molecule has 0 fully saturated rings. The second kappa shape index (κ2) is 4.18. The van der Waals surface area contributed by atoms with Gasteiger partial charge in [0.1, 0.15) is 10.4 Å². The smallest absolute Gasteiger partial charge is 0.141 e. The zero-order valence-corrected chi connectivity index (χ0v) is 11.1. The average molecular weight is 292 g/mol. The lowest BCUT2D eigenvalue weighted by atomic mass is 10.1. The van der Waals surface area contributed by atoms with Crippen molar-refractivity contribution in [3.8, 4) is 11.4 Å². The highest BCUT2D eigenvalue weighted by molar-refractivity contribution is 9.10. The topological polar surface area (TPSA) is 43.8 Å². The molecule has 1 aromatic carbocycles. The van der Waals surface area contributed by atoms with E-state index in [-0.39, 0.29) is 0 Å². The van der Waals surface area contributed by atoms with Gasteiger partial charge in [0.2, 0.25) is 0 Å². The largest absolute Gasteiger partial charge is 0.399 e. The summed E-state index contributed by atoms with van der Waals surface area (Å²) in [5, 5.41) is 0. The molecule has 0 amide bonds. The van der Waals surface area contributed by atoms with Crippen molar-refractivity contribution in [2.45, 2.75) is 25.8 Å². The third-order valence-corrected chi connectivity index (χ3v) is 3.85. The Hall–Kier alpha value is -1.29. The fourth-order valence-corrected chi connectivity index (χ4v) is 2.98. The van der Waals surface area contributed by atoms with E-state index < -0.39 is 0 Å². The van der Waals surface area contributed by atoms with Gasteiger partial charge in [-0.15, -0.1) is 0 Å². The SMILES string of the molecule is Nc1cccc(-c2nc(Br)c3n2CCCC3)c1. The van der Waals surface area contributed by atoms with Gasteiger partial charge in [-0.2, -0.15) is 0 Å². The zero-order valence-electron chi connectivity index (χ0n) is 9.49. The van der Waals surface area contributed by atoms with Gasteiger partial charge in [-0.05, 0) is 47.3 Å². The fourth-order valence-electron chi connectivity index (χ4n) is 2.40. The van der Waals surface area contributed by atoms with Crippen molar-refractivity contribution < 1.29 is 0 Å². The van der Waals surface area contributed by atoms with Crippen LogP contribution in [0.15, 0.2) is 28.9 Å². The number of hydrogen-bond donors (Lipinski definition) is 1. The maximum atomic E-state index is 5.83. The first-order valence-electron chi connectivity index (χ1n) is 5.86. The lowest BCUT2D eigenvalue weighted by Gasteiger charge is -2.16. The summed E-state index contributed by atoms with van der Waals surface area (Å²) in [6.07, 6.45) is 3.58. The fraction of sp³-hybridized carbons (Fsp3) is 0.308. The normalized spacial score (nSPS) is 14.6. The summed E-state index contributed by atoms with van der Waals surface area (Å²) < 4.78 is 3.29. The quantitative estimate of drug-likeness (QED) is 0.820. The minimum atomic E-state index is 0.784. The van der Waals surface area contributed by atoms with Crippen LogP contribution in [0.3, 0.4) is 0 Å². The van der Waals surface area contributed by atoms with Crippen LogP contribution < -0.4 is 5.73 Å². The lowest BCUT2D eigenvalue weighted by Crippen LogP contribution is -2.11. The molecule has 3 nitrogen and oxygen atoms in total. The molecule has 17 heavy (non-hydrogen) atoms. The van der Waals surface area contributed by atoms with E-state index in [1.54, 1.807) is 0 Å². The lowest BCUT2D eigenvalue weighted by molar-refractivity contribution is 0.535. The van der Waals surface area contributed by atoms with Crippen molar-refractivity contribution in [2.24, 2.45) is 0 Å². The van der Waals surface area contributed by atoms with Crippen molar-refractivity contribution in [1.29, 1.82) is 0 Å². The van der Waals surface area contributed by atoms with Gasteiger partial charge in [-0.1, -0.05) is 12.1 Å². The molecule has 2 aromatic rings. The maximum Gasteiger partial charge on any atom is 0.141 e. The number of anilines is 1. The van der Waals surface area contributed by atoms with Gasteiger partial charge in [0.15, 0.2) is 0 Å². The number of benzene rings is 1. The molecule has 3 rings (SSSR count). The summed E-state index contributed by atoms with van der Waals surface area (Å²) in [6, 6.07) is 7.92. The highest BCUT2D eigenvalue weighted by Gasteiger charge is 2.19. The molecule has 0 unspecified atom stereocenters. The van der Waals surface area contributed by atoms with E-state index in [0.717, 1.165) is 34.6 Å². The Morgan fingerprint density at radius 3 is 3.00 bits per heavy atom. The highest BCUT2D eigenvalue weighted by Crippen LogP contribution is 2.30. The standard InChI is InChI=1S/C13H14BrN3/c14-12-11-6-1-2-7-17(11)13(16-12)9-4-3-5-10(15)8-9/h3-5,8H,1-2,6-7,15H2. The molecule has 1 aliphatic rings. The number of hydrogen-bond acceptors (Lipinski definition) is 2. The third kappa shape index (κ3) is 1.86. The number of nitrogen functional groups attached to an aromatic ring is 1. The van der Waals surface area contributed by atoms with Crippen molar-refractivity contribution >= 4 is 21.6 Å². The number of imidazole rings is 1. The molecule has 2 heterocycles. The van der Waals surface area contributed by atoms with Crippen LogP contribution in [0, 0.1) is 0 Å². The first kappa shape index (κ1) is 10.8. The molecule has 2 N–H and O–H groups in total. The second-order valence-corrected chi connectivity index (χ2v) is 5.16. The molecule has 0 bridgehead atoms. The van der Waals surface area contributed by atoms with E-state index in [2.05, 4.69) is 31.5 Å². The number of halogens is 1. The monoisotopic (exact) mass is 291 g/mol. The molecule has 0 atom stereocenters. The van der Waals surface area contributed by atoms with Crippen LogP contribution in [0.1, 0.15) is 18.5 Å². The summed E-state index contributed by atoms with van der Waals surface area (Å²) >= 11 is 3.56. The van der Waals surface area contributed by atoms with Crippen molar-refractivity contribution in [3.63, 3.8) is 0 Å². The number of fused-ring (bicyclic) bond motifs is 1. The zero-order chi connectivity index (χ0) is 11.8. The Balaban J connectivity index is 2.15. The van der Waals surface area contributed by atoms with Crippen LogP contribution >= 0.6 is 15.9 Å². The van der Waals surface area contributed by atoms with E-state index >= 15 is 0 Å². The van der Waals surface area contributed by atoms with E-state index in [1.165, 1.54) is 18.5 Å². The predicted octanol–water partition coefficient (Wildman–Crippen LogP) is 3.23. The van der Waals surface area contributed by atoms with E-state index in [1.807, 2.05) is 18.2 Å². The molecule has 4 heteroatoms. The second-order valence-electron chi connectivity index (χ2n) is 4.41. The minimum Gasteiger partial charge on any atom is -0.399 e. The van der Waals surface area contributed by atoms with Gasteiger partial charge >= 0.3 is 0 Å². The summed E-state index contributed by atoms with van der Waals surface area (Å²) in [6.45, 7) is 1.05.